The Bertz CT molecular complexity index is 843. The third-order valence-corrected chi connectivity index (χ3v) is 3.83. The summed E-state index contributed by atoms with van der Waals surface area (Å²) in [6.45, 7) is 3.65. The molecule has 0 fully saturated rings. The Hall–Kier alpha value is -3.02. The van der Waals surface area contributed by atoms with E-state index >= 15 is 0 Å². The summed E-state index contributed by atoms with van der Waals surface area (Å²) in [5, 5.41) is 13.9. The molecule has 3 rings (SSSR count). The number of hydrogen-bond acceptors (Lipinski definition) is 4. The maximum Gasteiger partial charge on any atom is 0.270 e. The smallest absolute Gasteiger partial charge is 0.270 e. The Balaban J connectivity index is 2.27. The van der Waals surface area contributed by atoms with Crippen LogP contribution in [0.15, 0.2) is 47.5 Å². The van der Waals surface area contributed by atoms with Gasteiger partial charge >= 0.3 is 0 Å². The minimum absolute atomic E-state index is 0.0335. The molecule has 1 heterocycles. The number of non-ortho nitro benzene ring substituents is 1. The highest BCUT2D eigenvalue weighted by atomic mass is 16.6. The molecule has 0 spiro atoms. The number of nitrogens with zero attached hydrogens (tertiary/aromatic N) is 2. The van der Waals surface area contributed by atoms with E-state index in [1.165, 1.54) is 12.1 Å². The van der Waals surface area contributed by atoms with E-state index < -0.39 is 11.0 Å². The first-order chi connectivity index (χ1) is 11.0. The summed E-state index contributed by atoms with van der Waals surface area (Å²) in [5.74, 6) is -0.233. The quantitative estimate of drug-likeness (QED) is 0.683. The van der Waals surface area contributed by atoms with Crippen molar-refractivity contribution in [2.24, 2.45) is 4.99 Å². The summed E-state index contributed by atoms with van der Waals surface area (Å²) in [6, 6.07) is 11.5. The first kappa shape index (κ1) is 14.9. The monoisotopic (exact) mass is 309 g/mol. The lowest BCUT2D eigenvalue weighted by molar-refractivity contribution is -0.384. The lowest BCUT2D eigenvalue weighted by Gasteiger charge is -2.11. The highest BCUT2D eigenvalue weighted by Gasteiger charge is 2.25. The fourth-order valence-corrected chi connectivity index (χ4v) is 2.56. The Morgan fingerprint density at radius 1 is 1.17 bits per heavy atom. The molecule has 0 aromatic heterocycles. The molecule has 1 aliphatic rings. The van der Waals surface area contributed by atoms with Crippen molar-refractivity contribution in [3.05, 3.63) is 69.3 Å². The van der Waals surface area contributed by atoms with Gasteiger partial charge < -0.3 is 5.32 Å². The third kappa shape index (κ3) is 2.70. The highest BCUT2D eigenvalue weighted by molar-refractivity contribution is 6.20. The zero-order valence-electron chi connectivity index (χ0n) is 12.7. The van der Waals surface area contributed by atoms with E-state index in [9.17, 15) is 14.9 Å². The number of nitro groups is 1. The molecular weight excluding hydrogens is 294 g/mol. The number of nitrogens with one attached hydrogen (secondary N) is 1. The van der Waals surface area contributed by atoms with E-state index in [0.717, 1.165) is 11.1 Å². The Kier molecular flexibility index (Phi) is 3.65. The molecule has 1 amide bonds. The van der Waals surface area contributed by atoms with E-state index in [1.54, 1.807) is 13.0 Å². The zero-order valence-corrected chi connectivity index (χ0v) is 12.7. The minimum Gasteiger partial charge on any atom is -0.324 e. The topological polar surface area (TPSA) is 84.6 Å². The summed E-state index contributed by atoms with van der Waals surface area (Å²) in [6.07, 6.45) is 0. The molecule has 0 aliphatic carbocycles. The molecule has 0 bridgehead atoms. The van der Waals surface area contributed by atoms with Gasteiger partial charge in [-0.2, -0.15) is 0 Å². The maximum absolute atomic E-state index is 12.1. The van der Waals surface area contributed by atoms with Crippen LogP contribution in [0, 0.1) is 17.0 Å². The Morgan fingerprint density at radius 2 is 1.91 bits per heavy atom. The number of nitro benzene ring substituents is 1. The van der Waals surface area contributed by atoms with Crippen LogP contribution in [-0.2, 0) is 4.79 Å². The average molecular weight is 309 g/mol. The number of amides is 1. The summed E-state index contributed by atoms with van der Waals surface area (Å²) in [5.41, 5.74) is 3.50. The molecule has 0 saturated heterocycles. The van der Waals surface area contributed by atoms with Crippen LogP contribution < -0.4 is 5.32 Å². The van der Waals surface area contributed by atoms with Crippen molar-refractivity contribution in [1.82, 2.24) is 0 Å². The first-order valence-corrected chi connectivity index (χ1v) is 7.21. The number of benzodiazepines with no additional fused rings is 1. The number of carbonyl (C=O) groups is 1. The lowest BCUT2D eigenvalue weighted by atomic mass is 9.96. The molecule has 1 N–H and O–H groups in total. The molecule has 23 heavy (non-hydrogen) atoms. The molecular formula is C17H15N3O3. The van der Waals surface area contributed by atoms with E-state index in [1.807, 2.05) is 31.2 Å². The molecule has 0 unspecified atom stereocenters. The average Bonchev–Trinajstić information content (AvgIpc) is 2.64. The van der Waals surface area contributed by atoms with Gasteiger partial charge in [0.1, 0.15) is 6.04 Å². The van der Waals surface area contributed by atoms with Crippen molar-refractivity contribution in [2.75, 3.05) is 5.32 Å². The molecule has 1 atom stereocenters. The van der Waals surface area contributed by atoms with Crippen molar-refractivity contribution in [3.8, 4) is 0 Å². The molecule has 1 aliphatic heterocycles. The van der Waals surface area contributed by atoms with Crippen LogP contribution in [0.2, 0.25) is 0 Å². The molecule has 6 heteroatoms. The minimum atomic E-state index is -0.573. The van der Waals surface area contributed by atoms with Crippen molar-refractivity contribution in [2.45, 2.75) is 19.9 Å². The summed E-state index contributed by atoms with van der Waals surface area (Å²) in [7, 11) is 0. The predicted molar refractivity (Wildman–Crippen MR) is 88.0 cm³/mol. The van der Waals surface area contributed by atoms with Gasteiger partial charge in [0.05, 0.1) is 16.3 Å². The first-order valence-electron chi connectivity index (χ1n) is 7.21. The SMILES string of the molecule is Cc1ccccc1C1=N[C@@H](C)C(=O)Nc2ccc([N+](=O)[O-])cc21. The fourth-order valence-electron chi connectivity index (χ4n) is 2.56. The number of benzene rings is 2. The van der Waals surface area contributed by atoms with Crippen LogP contribution in [0.3, 0.4) is 0 Å². The van der Waals surface area contributed by atoms with Gasteiger partial charge in [-0.05, 0) is 25.5 Å². The zero-order chi connectivity index (χ0) is 16.6. The normalized spacial score (nSPS) is 16.9. The van der Waals surface area contributed by atoms with E-state index in [2.05, 4.69) is 10.3 Å². The molecule has 116 valence electrons. The van der Waals surface area contributed by atoms with Gasteiger partial charge in [-0.3, -0.25) is 19.9 Å². The van der Waals surface area contributed by atoms with Crippen molar-refractivity contribution >= 4 is 23.0 Å². The summed E-state index contributed by atoms with van der Waals surface area (Å²) in [4.78, 5) is 27.3. The second-order valence-electron chi connectivity index (χ2n) is 5.44. The molecule has 2 aromatic rings. The van der Waals surface area contributed by atoms with E-state index in [0.29, 0.717) is 17.0 Å². The third-order valence-electron chi connectivity index (χ3n) is 3.83. The van der Waals surface area contributed by atoms with Crippen LogP contribution in [0.4, 0.5) is 11.4 Å². The highest BCUT2D eigenvalue weighted by Crippen LogP contribution is 2.29. The Labute approximate surface area is 133 Å². The number of anilines is 1. The predicted octanol–water partition coefficient (Wildman–Crippen LogP) is 3.08. The number of hydrogen-bond donors (Lipinski definition) is 1. The van der Waals surface area contributed by atoms with Crippen LogP contribution in [0.25, 0.3) is 0 Å². The Morgan fingerprint density at radius 3 is 2.61 bits per heavy atom. The summed E-state index contributed by atoms with van der Waals surface area (Å²) >= 11 is 0. The number of rotatable bonds is 2. The van der Waals surface area contributed by atoms with Crippen molar-refractivity contribution in [1.29, 1.82) is 0 Å². The standard InChI is InChI=1S/C17H15N3O3/c1-10-5-3-4-6-13(10)16-14-9-12(20(22)23)7-8-15(14)19-17(21)11(2)18-16/h3-9,11H,1-2H3,(H,19,21)/t11-/m0/s1. The van der Waals surface area contributed by atoms with Gasteiger partial charge in [0, 0.05) is 23.3 Å². The van der Waals surface area contributed by atoms with Gasteiger partial charge in [-0.25, -0.2) is 0 Å². The van der Waals surface area contributed by atoms with Crippen LogP contribution in [-0.4, -0.2) is 22.6 Å². The number of aliphatic imine (C=N–C) groups is 1. The van der Waals surface area contributed by atoms with Crippen molar-refractivity contribution < 1.29 is 9.72 Å². The van der Waals surface area contributed by atoms with Gasteiger partial charge in [-0.1, -0.05) is 24.3 Å². The molecule has 2 aromatic carbocycles. The largest absolute Gasteiger partial charge is 0.324 e. The molecule has 0 saturated carbocycles. The van der Waals surface area contributed by atoms with Gasteiger partial charge in [-0.15, -0.1) is 0 Å². The van der Waals surface area contributed by atoms with Gasteiger partial charge in [0.25, 0.3) is 5.69 Å². The molecule has 0 radical (unpaired) electrons. The van der Waals surface area contributed by atoms with Gasteiger partial charge in [0.2, 0.25) is 5.91 Å². The van der Waals surface area contributed by atoms with Crippen LogP contribution in [0.5, 0.6) is 0 Å². The maximum atomic E-state index is 12.1. The lowest BCUT2D eigenvalue weighted by Crippen LogP contribution is -2.22. The van der Waals surface area contributed by atoms with E-state index in [4.69, 9.17) is 0 Å². The van der Waals surface area contributed by atoms with Crippen LogP contribution in [0.1, 0.15) is 23.6 Å². The fraction of sp³-hybridized carbons (Fsp3) is 0.176. The van der Waals surface area contributed by atoms with Crippen LogP contribution >= 0.6 is 0 Å². The second kappa shape index (κ2) is 5.64. The number of aryl methyl sites for hydroxylation is 1. The second-order valence-corrected chi connectivity index (χ2v) is 5.44. The van der Waals surface area contributed by atoms with E-state index in [-0.39, 0.29) is 11.6 Å². The molecule has 6 nitrogen and oxygen atoms in total. The number of carbonyl (C=O) groups excluding carboxylic acids is 1. The van der Waals surface area contributed by atoms with Gasteiger partial charge in [0.15, 0.2) is 0 Å². The van der Waals surface area contributed by atoms with Crippen molar-refractivity contribution in [3.63, 3.8) is 0 Å². The summed E-state index contributed by atoms with van der Waals surface area (Å²) < 4.78 is 0. The number of fused-ring (bicyclic) bond motifs is 1.